The van der Waals surface area contributed by atoms with Crippen molar-refractivity contribution in [3.05, 3.63) is 52.8 Å². The summed E-state index contributed by atoms with van der Waals surface area (Å²) in [6.45, 7) is 3.89. The molecule has 1 fully saturated rings. The van der Waals surface area contributed by atoms with Crippen molar-refractivity contribution in [3.8, 4) is 0 Å². The number of nitrogens with zero attached hydrogens (tertiary/aromatic N) is 3. The van der Waals surface area contributed by atoms with E-state index in [1.807, 2.05) is 17.0 Å². The Labute approximate surface area is 158 Å². The minimum atomic E-state index is -0.522. The third kappa shape index (κ3) is 4.64. The van der Waals surface area contributed by atoms with Gasteiger partial charge in [-0.1, -0.05) is 23.7 Å². The van der Waals surface area contributed by atoms with Crippen molar-refractivity contribution in [3.63, 3.8) is 0 Å². The van der Waals surface area contributed by atoms with E-state index in [0.717, 1.165) is 31.5 Å². The van der Waals surface area contributed by atoms with Gasteiger partial charge in [0.2, 0.25) is 5.91 Å². The van der Waals surface area contributed by atoms with Gasteiger partial charge in [0.25, 0.3) is 5.91 Å². The molecule has 1 aliphatic rings. The minimum Gasteiger partial charge on any atom is -0.341 e. The highest BCUT2D eigenvalue weighted by atomic mass is 35.5. The Bertz CT molecular complexity index is 766. The maximum atomic E-state index is 12.4. The average Bonchev–Trinajstić information content (AvgIpc) is 3.07. The lowest BCUT2D eigenvalue weighted by Crippen LogP contribution is -2.48. The number of nitrogens with one attached hydrogen (secondary N) is 1. The molecule has 1 aromatic heterocycles. The molecule has 0 bridgehead atoms. The summed E-state index contributed by atoms with van der Waals surface area (Å²) >= 11 is 5.86. The number of carbonyl (C=O) groups is 2. The van der Waals surface area contributed by atoms with Gasteiger partial charge in [0.05, 0.1) is 17.8 Å². The molecule has 2 heterocycles. The molecule has 26 heavy (non-hydrogen) atoms. The fraction of sp³-hybridized carbons (Fsp3) is 0.421. The Balaban J connectivity index is 1.56. The zero-order valence-electron chi connectivity index (χ0n) is 14.8. The van der Waals surface area contributed by atoms with Crippen LogP contribution in [0.15, 0.2) is 36.7 Å². The molecule has 7 heteroatoms. The van der Waals surface area contributed by atoms with E-state index in [4.69, 9.17) is 11.6 Å². The maximum absolute atomic E-state index is 12.4. The van der Waals surface area contributed by atoms with Crippen molar-refractivity contribution in [1.29, 1.82) is 0 Å². The van der Waals surface area contributed by atoms with Crippen molar-refractivity contribution in [2.45, 2.75) is 38.8 Å². The number of amides is 2. The number of halogens is 1. The van der Waals surface area contributed by atoms with Crippen LogP contribution in [0.5, 0.6) is 0 Å². The van der Waals surface area contributed by atoms with Gasteiger partial charge in [-0.15, -0.1) is 0 Å². The molecule has 1 aliphatic heterocycles. The Morgan fingerprint density at radius 1 is 1.19 bits per heavy atom. The highest BCUT2D eigenvalue weighted by Crippen LogP contribution is 2.12. The van der Waals surface area contributed by atoms with Gasteiger partial charge in [-0.05, 0) is 43.9 Å². The quantitative estimate of drug-likeness (QED) is 0.875. The van der Waals surface area contributed by atoms with Crippen LogP contribution in [0, 0.1) is 0 Å². The molecule has 0 spiro atoms. The molecule has 1 saturated heterocycles. The number of piperidine rings is 1. The SMILES string of the molecule is C[C@H](NC(=O)c1ccc(Cn2cc(Cl)cn2)cc1)C(=O)N1CCCCC1. The fourth-order valence-corrected chi connectivity index (χ4v) is 3.26. The number of hydrogen-bond acceptors (Lipinski definition) is 3. The van der Waals surface area contributed by atoms with Gasteiger partial charge in [0.1, 0.15) is 6.04 Å². The van der Waals surface area contributed by atoms with E-state index in [9.17, 15) is 9.59 Å². The maximum Gasteiger partial charge on any atom is 0.251 e. The van der Waals surface area contributed by atoms with Crippen LogP contribution in [0.25, 0.3) is 0 Å². The number of rotatable bonds is 5. The first kappa shape index (κ1) is 18.5. The highest BCUT2D eigenvalue weighted by molar-refractivity contribution is 6.30. The van der Waals surface area contributed by atoms with Gasteiger partial charge < -0.3 is 10.2 Å². The first-order valence-electron chi connectivity index (χ1n) is 8.89. The second-order valence-electron chi connectivity index (χ2n) is 6.63. The van der Waals surface area contributed by atoms with Crippen molar-refractivity contribution < 1.29 is 9.59 Å². The molecular weight excluding hydrogens is 352 g/mol. The number of carbonyl (C=O) groups excluding carboxylic acids is 2. The summed E-state index contributed by atoms with van der Waals surface area (Å²) in [6.07, 6.45) is 6.58. The second kappa shape index (κ2) is 8.36. The first-order valence-corrected chi connectivity index (χ1v) is 9.27. The molecule has 6 nitrogen and oxygen atoms in total. The van der Waals surface area contributed by atoms with Gasteiger partial charge in [-0.3, -0.25) is 14.3 Å². The van der Waals surface area contributed by atoms with Crippen molar-refractivity contribution in [1.82, 2.24) is 20.0 Å². The Morgan fingerprint density at radius 3 is 2.50 bits per heavy atom. The van der Waals surface area contributed by atoms with E-state index in [0.29, 0.717) is 17.1 Å². The topological polar surface area (TPSA) is 67.2 Å². The normalized spacial score (nSPS) is 15.5. The summed E-state index contributed by atoms with van der Waals surface area (Å²) in [5, 5.41) is 7.53. The lowest BCUT2D eigenvalue weighted by molar-refractivity contribution is -0.133. The lowest BCUT2D eigenvalue weighted by atomic mass is 10.1. The number of likely N-dealkylation sites (tertiary alicyclic amines) is 1. The molecule has 138 valence electrons. The van der Waals surface area contributed by atoms with Gasteiger partial charge >= 0.3 is 0 Å². The zero-order valence-corrected chi connectivity index (χ0v) is 15.6. The fourth-order valence-electron chi connectivity index (χ4n) is 3.10. The van der Waals surface area contributed by atoms with E-state index < -0.39 is 6.04 Å². The second-order valence-corrected chi connectivity index (χ2v) is 7.07. The monoisotopic (exact) mass is 374 g/mol. The van der Waals surface area contributed by atoms with Crippen LogP contribution in [-0.4, -0.2) is 45.6 Å². The molecule has 0 unspecified atom stereocenters. The molecular formula is C19H23ClN4O2. The van der Waals surface area contributed by atoms with Gasteiger partial charge in [-0.2, -0.15) is 5.10 Å². The van der Waals surface area contributed by atoms with Crippen LogP contribution in [0.4, 0.5) is 0 Å². The summed E-state index contributed by atoms with van der Waals surface area (Å²) in [6, 6.07) is 6.75. The van der Waals surface area contributed by atoms with E-state index in [1.54, 1.807) is 36.1 Å². The van der Waals surface area contributed by atoms with Crippen molar-refractivity contribution in [2.24, 2.45) is 0 Å². The predicted octanol–water partition coefficient (Wildman–Crippen LogP) is 2.72. The highest BCUT2D eigenvalue weighted by Gasteiger charge is 2.23. The molecule has 1 atom stereocenters. The summed E-state index contributed by atoms with van der Waals surface area (Å²) in [5.41, 5.74) is 1.55. The Hall–Kier alpha value is -2.34. The molecule has 2 amide bonds. The average molecular weight is 375 g/mol. The van der Waals surface area contributed by atoms with Crippen LogP contribution in [0.2, 0.25) is 5.02 Å². The Kier molecular flexibility index (Phi) is 5.93. The molecule has 3 rings (SSSR count). The van der Waals surface area contributed by atoms with E-state index in [1.165, 1.54) is 6.42 Å². The number of hydrogen-bond donors (Lipinski definition) is 1. The predicted molar refractivity (Wildman–Crippen MR) is 100 cm³/mol. The summed E-state index contributed by atoms with van der Waals surface area (Å²) < 4.78 is 1.73. The standard InChI is InChI=1S/C19H23ClN4O2/c1-14(19(26)23-9-3-2-4-10-23)22-18(25)16-7-5-15(6-8-16)12-24-13-17(20)11-21-24/h5-8,11,13-14H,2-4,9-10,12H2,1H3,(H,22,25)/t14-/m0/s1. The molecule has 0 aliphatic carbocycles. The minimum absolute atomic E-state index is 0.00905. The zero-order chi connectivity index (χ0) is 18.5. The molecule has 0 radical (unpaired) electrons. The van der Waals surface area contributed by atoms with Crippen LogP contribution in [0.3, 0.4) is 0 Å². The Morgan fingerprint density at radius 2 is 1.88 bits per heavy atom. The first-order chi connectivity index (χ1) is 12.5. The van der Waals surface area contributed by atoms with E-state index >= 15 is 0 Å². The molecule has 0 saturated carbocycles. The number of benzene rings is 1. The van der Waals surface area contributed by atoms with Crippen LogP contribution < -0.4 is 5.32 Å². The summed E-state index contributed by atoms with van der Waals surface area (Å²) in [4.78, 5) is 26.7. The van der Waals surface area contributed by atoms with Gasteiger partial charge in [0, 0.05) is 24.8 Å². The largest absolute Gasteiger partial charge is 0.341 e. The molecule has 1 aromatic carbocycles. The smallest absolute Gasteiger partial charge is 0.251 e. The number of aromatic nitrogens is 2. The van der Waals surface area contributed by atoms with Crippen LogP contribution in [0.1, 0.15) is 42.1 Å². The van der Waals surface area contributed by atoms with Crippen LogP contribution in [-0.2, 0) is 11.3 Å². The van der Waals surface area contributed by atoms with E-state index in [-0.39, 0.29) is 11.8 Å². The summed E-state index contributed by atoms with van der Waals surface area (Å²) in [5.74, 6) is -0.248. The molecule has 2 aromatic rings. The third-order valence-corrected chi connectivity index (χ3v) is 4.74. The summed E-state index contributed by atoms with van der Waals surface area (Å²) in [7, 11) is 0. The lowest BCUT2D eigenvalue weighted by Gasteiger charge is -2.29. The van der Waals surface area contributed by atoms with Crippen molar-refractivity contribution >= 4 is 23.4 Å². The molecule has 1 N–H and O–H groups in total. The van der Waals surface area contributed by atoms with Crippen molar-refractivity contribution in [2.75, 3.05) is 13.1 Å². The van der Waals surface area contributed by atoms with E-state index in [2.05, 4.69) is 10.4 Å². The van der Waals surface area contributed by atoms with Crippen LogP contribution >= 0.6 is 11.6 Å². The van der Waals surface area contributed by atoms with Gasteiger partial charge in [-0.25, -0.2) is 0 Å². The van der Waals surface area contributed by atoms with Gasteiger partial charge in [0.15, 0.2) is 0 Å². The third-order valence-electron chi connectivity index (χ3n) is 4.55.